The summed E-state index contributed by atoms with van der Waals surface area (Å²) < 4.78 is 41.2. The standard InChI is InChI=1S/C13H18BrFN2O2S/c1-8-4-3-5-9(2)17(8)20(18,19)13-7-12(16)10(14)6-11(13)15/h6-9H,3-5,16H2,1-2H3/t8-,9+. The Balaban J connectivity index is 2.52. The molecule has 20 heavy (non-hydrogen) atoms. The maximum Gasteiger partial charge on any atom is 0.246 e. The molecule has 2 rings (SSSR count). The van der Waals surface area contributed by atoms with Gasteiger partial charge in [0, 0.05) is 22.2 Å². The SMILES string of the molecule is C[C@@H]1CCC[C@H](C)N1S(=O)(=O)c1cc(N)c(Br)cc1F. The Labute approximate surface area is 127 Å². The number of benzene rings is 1. The molecular formula is C13H18BrFN2O2S. The summed E-state index contributed by atoms with van der Waals surface area (Å²) in [5.41, 5.74) is 5.90. The number of anilines is 1. The molecule has 0 unspecified atom stereocenters. The second-order valence-electron chi connectivity index (χ2n) is 5.27. The molecule has 4 nitrogen and oxygen atoms in total. The maximum atomic E-state index is 14.0. The Hall–Kier alpha value is -0.660. The van der Waals surface area contributed by atoms with Gasteiger partial charge in [-0.25, -0.2) is 12.8 Å². The van der Waals surface area contributed by atoms with Crippen LogP contribution in [-0.2, 0) is 10.0 Å². The third-order valence-electron chi connectivity index (χ3n) is 3.72. The summed E-state index contributed by atoms with van der Waals surface area (Å²) in [5.74, 6) is -0.781. The van der Waals surface area contributed by atoms with Crippen molar-refractivity contribution >= 4 is 31.6 Å². The fourth-order valence-electron chi connectivity index (χ4n) is 2.73. The second-order valence-corrected chi connectivity index (χ2v) is 7.93. The van der Waals surface area contributed by atoms with Gasteiger partial charge in [0.2, 0.25) is 10.0 Å². The fourth-order valence-corrected chi connectivity index (χ4v) is 5.01. The van der Waals surface area contributed by atoms with Crippen LogP contribution in [0.4, 0.5) is 10.1 Å². The number of hydrogen-bond acceptors (Lipinski definition) is 3. The summed E-state index contributed by atoms with van der Waals surface area (Å²) in [6.45, 7) is 3.71. The predicted molar refractivity (Wildman–Crippen MR) is 80.3 cm³/mol. The zero-order valence-electron chi connectivity index (χ0n) is 11.4. The van der Waals surface area contributed by atoms with Gasteiger partial charge in [-0.05, 0) is 54.8 Å². The van der Waals surface area contributed by atoms with E-state index in [2.05, 4.69) is 15.9 Å². The molecule has 1 fully saturated rings. The van der Waals surface area contributed by atoms with Gasteiger partial charge in [-0.15, -0.1) is 0 Å². The molecule has 1 saturated heterocycles. The highest BCUT2D eigenvalue weighted by molar-refractivity contribution is 9.10. The highest BCUT2D eigenvalue weighted by Gasteiger charge is 2.37. The van der Waals surface area contributed by atoms with Gasteiger partial charge >= 0.3 is 0 Å². The second kappa shape index (κ2) is 5.61. The molecule has 1 aromatic carbocycles. The number of nitrogens with zero attached hydrogens (tertiary/aromatic N) is 1. The lowest BCUT2D eigenvalue weighted by Crippen LogP contribution is -2.47. The van der Waals surface area contributed by atoms with Crippen molar-refractivity contribution in [2.24, 2.45) is 0 Å². The topological polar surface area (TPSA) is 63.4 Å². The van der Waals surface area contributed by atoms with Crippen molar-refractivity contribution in [3.8, 4) is 0 Å². The summed E-state index contributed by atoms with van der Waals surface area (Å²) in [7, 11) is -3.87. The number of hydrogen-bond donors (Lipinski definition) is 1. The van der Waals surface area contributed by atoms with Crippen molar-refractivity contribution in [1.29, 1.82) is 0 Å². The van der Waals surface area contributed by atoms with Crippen LogP contribution < -0.4 is 5.73 Å². The van der Waals surface area contributed by atoms with Crippen LogP contribution in [0.15, 0.2) is 21.5 Å². The normalized spacial score (nSPS) is 24.8. The molecular weight excluding hydrogens is 347 g/mol. The van der Waals surface area contributed by atoms with Crippen LogP contribution in [0, 0.1) is 5.82 Å². The molecule has 1 aromatic rings. The number of nitrogen functional groups attached to an aromatic ring is 1. The number of sulfonamides is 1. The van der Waals surface area contributed by atoms with Gasteiger partial charge in [-0.2, -0.15) is 4.31 Å². The lowest BCUT2D eigenvalue weighted by molar-refractivity contribution is 0.203. The van der Waals surface area contributed by atoms with E-state index in [9.17, 15) is 12.8 Å². The van der Waals surface area contributed by atoms with E-state index in [1.807, 2.05) is 13.8 Å². The summed E-state index contributed by atoms with van der Waals surface area (Å²) in [6, 6.07) is 2.02. The first kappa shape index (κ1) is 15.7. The molecule has 112 valence electrons. The average molecular weight is 365 g/mol. The first-order valence-electron chi connectivity index (χ1n) is 6.53. The molecule has 7 heteroatoms. The molecule has 2 atom stereocenters. The molecule has 0 radical (unpaired) electrons. The van der Waals surface area contributed by atoms with Crippen LogP contribution in [0.1, 0.15) is 33.1 Å². The predicted octanol–water partition coefficient (Wildman–Crippen LogP) is 3.12. The van der Waals surface area contributed by atoms with Crippen molar-refractivity contribution in [3.63, 3.8) is 0 Å². The zero-order chi connectivity index (χ0) is 15.1. The third-order valence-corrected chi connectivity index (χ3v) is 6.55. The Morgan fingerprint density at radius 2 is 1.85 bits per heavy atom. The Kier molecular flexibility index (Phi) is 4.41. The minimum Gasteiger partial charge on any atom is -0.398 e. The van der Waals surface area contributed by atoms with E-state index in [1.54, 1.807) is 0 Å². The summed E-state index contributed by atoms with van der Waals surface area (Å²) >= 11 is 3.09. The van der Waals surface area contributed by atoms with Crippen LogP contribution in [0.5, 0.6) is 0 Å². The van der Waals surface area contributed by atoms with E-state index in [4.69, 9.17) is 5.73 Å². The number of piperidine rings is 1. The smallest absolute Gasteiger partial charge is 0.246 e. The monoisotopic (exact) mass is 364 g/mol. The van der Waals surface area contributed by atoms with E-state index >= 15 is 0 Å². The molecule has 1 aliphatic rings. The van der Waals surface area contributed by atoms with Gasteiger partial charge in [-0.3, -0.25) is 0 Å². The molecule has 2 N–H and O–H groups in total. The molecule has 0 bridgehead atoms. The third kappa shape index (κ3) is 2.71. The zero-order valence-corrected chi connectivity index (χ0v) is 13.8. The van der Waals surface area contributed by atoms with Gasteiger partial charge in [-0.1, -0.05) is 6.42 Å². The molecule has 1 aliphatic heterocycles. The van der Waals surface area contributed by atoms with Crippen LogP contribution in [-0.4, -0.2) is 24.8 Å². The van der Waals surface area contributed by atoms with Gasteiger partial charge in [0.15, 0.2) is 0 Å². The first-order chi connectivity index (χ1) is 9.25. The van der Waals surface area contributed by atoms with E-state index in [1.165, 1.54) is 10.4 Å². The molecule has 0 spiro atoms. The van der Waals surface area contributed by atoms with Crippen molar-refractivity contribution in [1.82, 2.24) is 4.31 Å². The molecule has 0 amide bonds. The lowest BCUT2D eigenvalue weighted by atomic mass is 10.0. The average Bonchev–Trinajstić information content (AvgIpc) is 2.33. The van der Waals surface area contributed by atoms with Crippen molar-refractivity contribution < 1.29 is 12.8 Å². The highest BCUT2D eigenvalue weighted by Crippen LogP contribution is 2.33. The van der Waals surface area contributed by atoms with Gasteiger partial charge in [0.05, 0.1) is 0 Å². The minimum absolute atomic E-state index is 0.131. The summed E-state index contributed by atoms with van der Waals surface area (Å²) in [4.78, 5) is -0.348. The van der Waals surface area contributed by atoms with Crippen LogP contribution in [0.2, 0.25) is 0 Å². The van der Waals surface area contributed by atoms with Crippen molar-refractivity contribution in [2.75, 3.05) is 5.73 Å². The van der Waals surface area contributed by atoms with Crippen molar-refractivity contribution in [3.05, 3.63) is 22.4 Å². The van der Waals surface area contributed by atoms with E-state index in [-0.39, 0.29) is 22.7 Å². The van der Waals surface area contributed by atoms with Gasteiger partial charge in [0.25, 0.3) is 0 Å². The number of nitrogens with two attached hydrogens (primary N) is 1. The van der Waals surface area contributed by atoms with Gasteiger partial charge < -0.3 is 5.73 Å². The summed E-state index contributed by atoms with van der Waals surface area (Å²) in [5, 5.41) is 0. The number of rotatable bonds is 2. The van der Waals surface area contributed by atoms with Crippen LogP contribution >= 0.6 is 15.9 Å². The Morgan fingerprint density at radius 3 is 2.40 bits per heavy atom. The fraction of sp³-hybridized carbons (Fsp3) is 0.538. The molecule has 0 aromatic heterocycles. The highest BCUT2D eigenvalue weighted by atomic mass is 79.9. The van der Waals surface area contributed by atoms with E-state index < -0.39 is 15.8 Å². The quantitative estimate of drug-likeness (QED) is 0.819. The van der Waals surface area contributed by atoms with E-state index in [0.29, 0.717) is 4.47 Å². The first-order valence-corrected chi connectivity index (χ1v) is 8.76. The molecule has 1 heterocycles. The van der Waals surface area contributed by atoms with Crippen LogP contribution in [0.3, 0.4) is 0 Å². The Bertz CT molecular complexity index is 611. The molecule has 0 aliphatic carbocycles. The lowest BCUT2D eigenvalue weighted by Gasteiger charge is -2.37. The van der Waals surface area contributed by atoms with Crippen molar-refractivity contribution in [2.45, 2.75) is 50.1 Å². The maximum absolute atomic E-state index is 14.0. The minimum atomic E-state index is -3.87. The van der Waals surface area contributed by atoms with Gasteiger partial charge in [0.1, 0.15) is 10.7 Å². The van der Waals surface area contributed by atoms with E-state index in [0.717, 1.165) is 25.3 Å². The Morgan fingerprint density at radius 1 is 1.30 bits per heavy atom. The largest absolute Gasteiger partial charge is 0.398 e. The van der Waals surface area contributed by atoms with Crippen LogP contribution in [0.25, 0.3) is 0 Å². The molecule has 0 saturated carbocycles. The summed E-state index contributed by atoms with van der Waals surface area (Å²) in [6.07, 6.45) is 2.56. The number of halogens is 2.